The van der Waals surface area contributed by atoms with Crippen molar-refractivity contribution in [3.8, 4) is 51.6 Å². The highest BCUT2D eigenvalue weighted by Gasteiger charge is 2.26. The lowest BCUT2D eigenvalue weighted by Gasteiger charge is -2.20. The van der Waals surface area contributed by atoms with E-state index in [0.29, 0.717) is 23.0 Å². The van der Waals surface area contributed by atoms with Crippen molar-refractivity contribution in [2.24, 2.45) is 0 Å². The highest BCUT2D eigenvalue weighted by molar-refractivity contribution is 6.12. The molecule has 0 amide bonds. The van der Waals surface area contributed by atoms with Gasteiger partial charge in [0.1, 0.15) is 0 Å². The van der Waals surface area contributed by atoms with Crippen LogP contribution < -0.4 is 0 Å². The minimum absolute atomic E-state index is 0.510. The fourth-order valence-corrected chi connectivity index (χ4v) is 8.20. The summed E-state index contributed by atoms with van der Waals surface area (Å²) in [6, 6.07) is 53.0. The van der Waals surface area contributed by atoms with Crippen molar-refractivity contribution in [2.75, 3.05) is 0 Å². The smallest absolute Gasteiger partial charge is 0.168 e. The second-order valence-corrected chi connectivity index (χ2v) is 14.8. The summed E-state index contributed by atoms with van der Waals surface area (Å²) in [4.78, 5) is 15.8. The van der Waals surface area contributed by atoms with Crippen molar-refractivity contribution < 1.29 is 0 Å². The lowest BCUT2D eigenvalue weighted by molar-refractivity contribution is 1.05. The van der Waals surface area contributed by atoms with E-state index in [1.165, 1.54) is 22.3 Å². The Morgan fingerprint density at radius 2 is 0.750 bits per heavy atom. The number of rotatable bonds is 5. The minimum Gasteiger partial charge on any atom is -0.308 e. The Labute approximate surface area is 324 Å². The summed E-state index contributed by atoms with van der Waals surface area (Å²) < 4.78 is 4.58. The van der Waals surface area contributed by atoms with Crippen LogP contribution >= 0.6 is 0 Å². The van der Waals surface area contributed by atoms with E-state index in [1.54, 1.807) is 0 Å². The summed E-state index contributed by atoms with van der Waals surface area (Å²) in [6.45, 7) is 8.52. The molecule has 0 spiro atoms. The van der Waals surface area contributed by atoms with Crippen LogP contribution in [0.5, 0.6) is 0 Å². The van der Waals surface area contributed by atoms with E-state index in [2.05, 4.69) is 116 Å². The highest BCUT2D eigenvalue weighted by Crippen LogP contribution is 2.43. The van der Waals surface area contributed by atoms with Crippen LogP contribution in [0.4, 0.5) is 0 Å². The number of benzene rings is 7. The fraction of sp³-hybridized carbons (Fsp3) is 0.0800. The zero-order chi connectivity index (χ0) is 38.1. The molecule has 0 saturated heterocycles. The summed E-state index contributed by atoms with van der Waals surface area (Å²) >= 11 is 0. The summed E-state index contributed by atoms with van der Waals surface area (Å²) in [5.41, 5.74) is 13.6. The third kappa shape index (κ3) is 5.36. The highest BCUT2D eigenvalue weighted by atomic mass is 15.1. The molecule has 0 aliphatic carbocycles. The van der Waals surface area contributed by atoms with Gasteiger partial charge in [0.25, 0.3) is 0 Å². The van der Waals surface area contributed by atoms with Gasteiger partial charge in [0.2, 0.25) is 0 Å². The van der Waals surface area contributed by atoms with Gasteiger partial charge in [-0.05, 0) is 88.4 Å². The Kier molecular flexibility index (Phi) is 7.65. The summed E-state index contributed by atoms with van der Waals surface area (Å²) in [5.74, 6) is 1.64. The molecule has 0 radical (unpaired) electrons. The van der Waals surface area contributed by atoms with Gasteiger partial charge in [-0.25, -0.2) is 15.0 Å². The molecule has 10 aromatic rings. The molecule has 3 aromatic heterocycles. The van der Waals surface area contributed by atoms with E-state index in [4.69, 9.17) is 15.0 Å². The Bertz CT molecular complexity index is 2910. The second-order valence-electron chi connectivity index (χ2n) is 14.8. The second kappa shape index (κ2) is 12.9. The number of fused-ring (bicyclic) bond motifs is 6. The van der Waals surface area contributed by atoms with Crippen molar-refractivity contribution in [1.82, 2.24) is 24.1 Å². The molecule has 266 valence electrons. The third-order valence-corrected chi connectivity index (χ3v) is 10.8. The van der Waals surface area contributed by atoms with Crippen LogP contribution in [0.2, 0.25) is 0 Å². The van der Waals surface area contributed by atoms with Gasteiger partial charge < -0.3 is 9.13 Å². The maximum absolute atomic E-state index is 10.8. The van der Waals surface area contributed by atoms with E-state index in [1.807, 2.05) is 72.8 Å². The van der Waals surface area contributed by atoms with E-state index in [0.717, 1.165) is 71.7 Å². The predicted octanol–water partition coefficient (Wildman–Crippen LogP) is 12.2. The number of aryl methyl sites for hydroxylation is 4. The topological polar surface area (TPSA) is 72.3 Å². The molecule has 0 aliphatic heterocycles. The first-order valence-electron chi connectivity index (χ1n) is 18.8. The van der Waals surface area contributed by atoms with Crippen molar-refractivity contribution in [2.45, 2.75) is 27.7 Å². The molecule has 0 N–H and O–H groups in total. The maximum Gasteiger partial charge on any atom is 0.168 e. The van der Waals surface area contributed by atoms with Crippen LogP contribution in [0.15, 0.2) is 146 Å². The monoisotopic (exact) mass is 720 g/mol. The Morgan fingerprint density at radius 3 is 1.09 bits per heavy atom. The zero-order valence-corrected chi connectivity index (χ0v) is 31.5. The zero-order valence-electron chi connectivity index (χ0n) is 31.5. The maximum atomic E-state index is 10.8. The van der Waals surface area contributed by atoms with Gasteiger partial charge >= 0.3 is 0 Å². The number of nitrogens with zero attached hydrogens (tertiary/aromatic N) is 6. The first-order chi connectivity index (χ1) is 27.3. The average molecular weight is 721 g/mol. The van der Waals surface area contributed by atoms with Gasteiger partial charge in [0.05, 0.1) is 50.6 Å². The van der Waals surface area contributed by atoms with Gasteiger partial charge in [-0.2, -0.15) is 5.26 Å². The lowest BCUT2D eigenvalue weighted by Crippen LogP contribution is -2.08. The fourth-order valence-electron chi connectivity index (χ4n) is 8.20. The van der Waals surface area contributed by atoms with Gasteiger partial charge in [0, 0.05) is 32.7 Å². The Balaban J connectivity index is 1.42. The standard InChI is InChI=1S/C50H36N6/c1-30-15-19-41-37(23-30)38-24-31(2)16-20-42(38)55(41)45-27-34(29-51)28-46(56-43-21-17-32(3)25-39(43)40-26-33(4)18-22-44(40)56)47(45)50-53-48(35-11-7-5-8-12-35)52-49(54-50)36-13-9-6-10-14-36/h5-28H,1-4H3. The molecule has 6 nitrogen and oxygen atoms in total. The summed E-state index contributed by atoms with van der Waals surface area (Å²) in [7, 11) is 0. The largest absolute Gasteiger partial charge is 0.308 e. The quantitative estimate of drug-likeness (QED) is 0.177. The van der Waals surface area contributed by atoms with E-state index in [-0.39, 0.29) is 0 Å². The van der Waals surface area contributed by atoms with Gasteiger partial charge in [-0.15, -0.1) is 0 Å². The molecule has 0 bridgehead atoms. The first-order valence-corrected chi connectivity index (χ1v) is 18.8. The molecule has 6 heteroatoms. The molecular weight excluding hydrogens is 685 g/mol. The van der Waals surface area contributed by atoms with Crippen molar-refractivity contribution >= 4 is 43.6 Å². The minimum atomic E-state index is 0.510. The van der Waals surface area contributed by atoms with Crippen molar-refractivity contribution in [3.63, 3.8) is 0 Å². The average Bonchev–Trinajstić information content (AvgIpc) is 3.71. The molecule has 0 fully saturated rings. The lowest BCUT2D eigenvalue weighted by atomic mass is 10.0. The molecule has 56 heavy (non-hydrogen) atoms. The molecule has 0 unspecified atom stereocenters. The van der Waals surface area contributed by atoms with Gasteiger partial charge in [0.15, 0.2) is 17.5 Å². The number of nitriles is 1. The van der Waals surface area contributed by atoms with Crippen LogP contribution in [0.25, 0.3) is 89.2 Å². The first kappa shape index (κ1) is 33.2. The normalized spacial score (nSPS) is 11.6. The van der Waals surface area contributed by atoms with E-state index < -0.39 is 0 Å². The SMILES string of the molecule is Cc1ccc2c(c1)c1cc(C)ccc1n2-c1cc(C#N)cc(-n2c3ccc(C)cc3c3cc(C)ccc32)c1-c1nc(-c2ccccc2)nc(-c2ccccc2)n1. The Morgan fingerprint density at radius 1 is 0.411 bits per heavy atom. The predicted molar refractivity (Wildman–Crippen MR) is 228 cm³/mol. The van der Waals surface area contributed by atoms with Crippen LogP contribution in [0.3, 0.4) is 0 Å². The molecule has 3 heterocycles. The number of aromatic nitrogens is 5. The van der Waals surface area contributed by atoms with E-state index >= 15 is 0 Å². The third-order valence-electron chi connectivity index (χ3n) is 10.8. The summed E-state index contributed by atoms with van der Waals surface area (Å²) in [5, 5.41) is 15.4. The number of hydrogen-bond donors (Lipinski definition) is 0. The van der Waals surface area contributed by atoms with Crippen molar-refractivity contribution in [3.05, 3.63) is 173 Å². The molecule has 0 atom stereocenters. The molecule has 7 aromatic carbocycles. The van der Waals surface area contributed by atoms with Gasteiger partial charge in [-0.1, -0.05) is 107 Å². The van der Waals surface area contributed by atoms with Crippen molar-refractivity contribution in [1.29, 1.82) is 5.26 Å². The molecule has 10 rings (SSSR count). The molecular formula is C50H36N6. The Hall–Kier alpha value is -7.36. The molecule has 0 aliphatic rings. The van der Waals surface area contributed by atoms with Gasteiger partial charge in [-0.3, -0.25) is 0 Å². The number of hydrogen-bond acceptors (Lipinski definition) is 4. The van der Waals surface area contributed by atoms with Crippen LogP contribution in [0, 0.1) is 39.0 Å². The van der Waals surface area contributed by atoms with Crippen LogP contribution in [-0.2, 0) is 0 Å². The summed E-state index contributed by atoms with van der Waals surface area (Å²) in [6.07, 6.45) is 0. The van der Waals surface area contributed by atoms with E-state index in [9.17, 15) is 5.26 Å². The molecule has 0 saturated carbocycles. The van der Waals surface area contributed by atoms with Crippen LogP contribution in [-0.4, -0.2) is 24.1 Å². The van der Waals surface area contributed by atoms with Crippen LogP contribution in [0.1, 0.15) is 27.8 Å².